The topological polar surface area (TPSA) is 81.1 Å². The Balaban J connectivity index is 1.76. The number of amides is 1. The van der Waals surface area contributed by atoms with Crippen molar-refractivity contribution in [2.45, 2.75) is 19.4 Å². The quantitative estimate of drug-likeness (QED) is 0.828. The van der Waals surface area contributed by atoms with Gasteiger partial charge < -0.3 is 5.32 Å². The molecule has 0 saturated carbocycles. The Kier molecular flexibility index (Phi) is 4.96. The summed E-state index contributed by atoms with van der Waals surface area (Å²) in [6.45, 7) is 1.78. The van der Waals surface area contributed by atoms with E-state index in [2.05, 4.69) is 10.4 Å². The molecule has 6 nitrogen and oxygen atoms in total. The lowest BCUT2D eigenvalue weighted by atomic mass is 10.2. The molecule has 1 saturated heterocycles. The van der Waals surface area contributed by atoms with E-state index in [4.69, 9.17) is 11.6 Å². The maximum absolute atomic E-state index is 12.0. The number of halogens is 1. The minimum atomic E-state index is -3.03. The van der Waals surface area contributed by atoms with Crippen LogP contribution in [-0.4, -0.2) is 35.6 Å². The molecule has 25 heavy (non-hydrogen) atoms. The van der Waals surface area contributed by atoms with Crippen molar-refractivity contribution < 1.29 is 13.2 Å². The van der Waals surface area contributed by atoms with Crippen molar-refractivity contribution >= 4 is 39.1 Å². The SMILES string of the molecule is Cc1nn([C@@H]2CCS(=O)(=O)C2)c(Cl)c1/C=C/C(=O)Nc1ccccc1. The van der Waals surface area contributed by atoms with Crippen molar-refractivity contribution in [2.75, 3.05) is 16.8 Å². The number of para-hydroxylation sites is 1. The number of aryl methyl sites for hydroxylation is 1. The molecule has 0 aliphatic carbocycles. The van der Waals surface area contributed by atoms with Crippen LogP contribution in [0.15, 0.2) is 36.4 Å². The number of benzene rings is 1. The second-order valence-corrected chi connectivity index (χ2v) is 8.57. The molecule has 8 heteroatoms. The van der Waals surface area contributed by atoms with Gasteiger partial charge in [0.15, 0.2) is 9.84 Å². The Morgan fingerprint density at radius 2 is 2.08 bits per heavy atom. The first-order valence-electron chi connectivity index (χ1n) is 7.85. The Labute approximate surface area is 151 Å². The van der Waals surface area contributed by atoms with Gasteiger partial charge in [0.05, 0.1) is 23.2 Å². The molecule has 1 N–H and O–H groups in total. The van der Waals surface area contributed by atoms with E-state index < -0.39 is 9.84 Å². The van der Waals surface area contributed by atoms with E-state index in [1.54, 1.807) is 29.8 Å². The van der Waals surface area contributed by atoms with Crippen LogP contribution in [-0.2, 0) is 14.6 Å². The van der Waals surface area contributed by atoms with Crippen LogP contribution in [0.3, 0.4) is 0 Å². The summed E-state index contributed by atoms with van der Waals surface area (Å²) in [5.74, 6) is -0.0823. The summed E-state index contributed by atoms with van der Waals surface area (Å²) in [5.41, 5.74) is 1.97. The van der Waals surface area contributed by atoms with Gasteiger partial charge in [-0.25, -0.2) is 13.1 Å². The molecule has 2 aromatic rings. The summed E-state index contributed by atoms with van der Waals surface area (Å²) in [6.07, 6.45) is 3.49. The van der Waals surface area contributed by atoms with Gasteiger partial charge in [0.1, 0.15) is 5.15 Å². The fourth-order valence-corrected chi connectivity index (χ4v) is 4.86. The zero-order chi connectivity index (χ0) is 18.0. The fraction of sp³-hybridized carbons (Fsp3) is 0.294. The first-order chi connectivity index (χ1) is 11.9. The van der Waals surface area contributed by atoms with E-state index in [9.17, 15) is 13.2 Å². The number of carbonyl (C=O) groups excluding carboxylic acids is 1. The number of aromatic nitrogens is 2. The van der Waals surface area contributed by atoms with Crippen molar-refractivity contribution in [2.24, 2.45) is 0 Å². The molecule has 1 atom stereocenters. The van der Waals surface area contributed by atoms with Crippen LogP contribution in [0.4, 0.5) is 5.69 Å². The highest BCUT2D eigenvalue weighted by Gasteiger charge is 2.31. The molecule has 0 unspecified atom stereocenters. The lowest BCUT2D eigenvalue weighted by Crippen LogP contribution is -2.12. The highest BCUT2D eigenvalue weighted by atomic mass is 35.5. The average Bonchev–Trinajstić information content (AvgIpc) is 3.06. The molecule has 0 spiro atoms. The van der Waals surface area contributed by atoms with E-state index in [-0.39, 0.29) is 23.5 Å². The molecule has 0 bridgehead atoms. The third-order valence-corrected chi connectivity index (χ3v) is 6.20. The summed E-state index contributed by atoms with van der Waals surface area (Å²) in [7, 11) is -3.03. The van der Waals surface area contributed by atoms with Crippen molar-refractivity contribution in [1.29, 1.82) is 0 Å². The fourth-order valence-electron chi connectivity index (χ4n) is 2.80. The molecule has 2 heterocycles. The Morgan fingerprint density at radius 1 is 1.36 bits per heavy atom. The van der Waals surface area contributed by atoms with Crippen LogP contribution in [0.1, 0.15) is 23.7 Å². The highest BCUT2D eigenvalue weighted by Crippen LogP contribution is 2.30. The lowest BCUT2D eigenvalue weighted by Gasteiger charge is -2.09. The first kappa shape index (κ1) is 17.7. The Morgan fingerprint density at radius 3 is 2.72 bits per heavy atom. The average molecular weight is 380 g/mol. The summed E-state index contributed by atoms with van der Waals surface area (Å²) in [4.78, 5) is 12.0. The van der Waals surface area contributed by atoms with E-state index in [1.165, 1.54) is 6.08 Å². The van der Waals surface area contributed by atoms with Crippen LogP contribution >= 0.6 is 11.6 Å². The molecular weight excluding hydrogens is 362 g/mol. The van der Waals surface area contributed by atoms with Gasteiger partial charge in [0.2, 0.25) is 5.91 Å². The normalized spacial score (nSPS) is 19.4. The number of hydrogen-bond acceptors (Lipinski definition) is 4. The van der Waals surface area contributed by atoms with Gasteiger partial charge in [0.25, 0.3) is 0 Å². The summed E-state index contributed by atoms with van der Waals surface area (Å²) in [5, 5.41) is 7.46. The van der Waals surface area contributed by atoms with Gasteiger partial charge in [-0.1, -0.05) is 29.8 Å². The number of hydrogen-bond donors (Lipinski definition) is 1. The third kappa shape index (κ3) is 4.11. The molecule has 132 valence electrons. The maximum Gasteiger partial charge on any atom is 0.248 e. The van der Waals surface area contributed by atoms with Crippen molar-refractivity contribution in [3.8, 4) is 0 Å². The predicted octanol–water partition coefficient (Wildman–Crippen LogP) is 2.86. The summed E-state index contributed by atoms with van der Waals surface area (Å²) < 4.78 is 24.9. The third-order valence-electron chi connectivity index (χ3n) is 4.07. The molecule has 0 radical (unpaired) electrons. The van der Waals surface area contributed by atoms with Crippen LogP contribution in [0.25, 0.3) is 6.08 Å². The number of nitrogens with one attached hydrogen (secondary N) is 1. The molecular formula is C17H18ClN3O3S. The van der Waals surface area contributed by atoms with Crippen LogP contribution < -0.4 is 5.32 Å². The van der Waals surface area contributed by atoms with E-state index in [1.807, 2.05) is 18.2 Å². The second-order valence-electron chi connectivity index (χ2n) is 5.98. The highest BCUT2D eigenvalue weighted by molar-refractivity contribution is 7.91. The maximum atomic E-state index is 12.0. The number of rotatable bonds is 4. The van der Waals surface area contributed by atoms with Gasteiger partial charge in [-0.05, 0) is 31.6 Å². The van der Waals surface area contributed by atoms with Gasteiger partial charge in [-0.2, -0.15) is 5.10 Å². The van der Waals surface area contributed by atoms with E-state index >= 15 is 0 Å². The molecule has 3 rings (SSSR count). The summed E-state index contributed by atoms with van der Waals surface area (Å²) >= 11 is 6.37. The van der Waals surface area contributed by atoms with Crippen LogP contribution in [0.5, 0.6) is 0 Å². The van der Waals surface area contributed by atoms with Crippen LogP contribution in [0, 0.1) is 6.92 Å². The monoisotopic (exact) mass is 379 g/mol. The van der Waals surface area contributed by atoms with Gasteiger partial charge in [0, 0.05) is 17.3 Å². The lowest BCUT2D eigenvalue weighted by molar-refractivity contribution is -0.111. The number of sulfone groups is 1. The van der Waals surface area contributed by atoms with Gasteiger partial charge in [-0.15, -0.1) is 0 Å². The smallest absolute Gasteiger partial charge is 0.248 e. The first-order valence-corrected chi connectivity index (χ1v) is 10.0. The van der Waals surface area contributed by atoms with Crippen molar-refractivity contribution in [1.82, 2.24) is 9.78 Å². The van der Waals surface area contributed by atoms with Crippen molar-refractivity contribution in [3.63, 3.8) is 0 Å². The molecule has 1 aromatic heterocycles. The van der Waals surface area contributed by atoms with Gasteiger partial charge in [-0.3, -0.25) is 4.79 Å². The van der Waals surface area contributed by atoms with Crippen LogP contribution in [0.2, 0.25) is 5.15 Å². The standard InChI is InChI=1S/C17H18ClN3O3S/c1-12-15(7-8-16(22)19-13-5-3-2-4-6-13)17(18)21(20-12)14-9-10-25(23,24)11-14/h2-8,14H,9-11H2,1H3,(H,19,22)/b8-7+/t14-/m1/s1. The van der Waals surface area contributed by atoms with Gasteiger partial charge >= 0.3 is 0 Å². The molecule has 1 aliphatic heterocycles. The molecule has 1 fully saturated rings. The zero-order valence-electron chi connectivity index (χ0n) is 13.6. The number of carbonyl (C=O) groups is 1. The van der Waals surface area contributed by atoms with E-state index in [0.717, 1.165) is 0 Å². The number of anilines is 1. The molecule has 1 aliphatic rings. The minimum absolute atomic E-state index is 0.0471. The molecule has 1 aromatic carbocycles. The minimum Gasteiger partial charge on any atom is -0.323 e. The van der Waals surface area contributed by atoms with E-state index in [0.29, 0.717) is 28.5 Å². The Hall–Kier alpha value is -2.12. The predicted molar refractivity (Wildman–Crippen MR) is 98.4 cm³/mol. The largest absolute Gasteiger partial charge is 0.323 e. The zero-order valence-corrected chi connectivity index (χ0v) is 15.2. The Bertz CT molecular complexity index is 920. The summed E-state index contributed by atoms with van der Waals surface area (Å²) in [6, 6.07) is 8.87. The van der Waals surface area contributed by atoms with Crippen molar-refractivity contribution in [3.05, 3.63) is 52.8 Å². The molecule has 1 amide bonds. The second kappa shape index (κ2) is 7.01. The number of nitrogens with zero attached hydrogens (tertiary/aromatic N) is 2.